The summed E-state index contributed by atoms with van der Waals surface area (Å²) in [4.78, 5) is 32.2. The minimum Gasteiger partial charge on any atom is -0.461 e. The molecule has 9 heteroatoms. The lowest BCUT2D eigenvalue weighted by atomic mass is 9.99. The molecule has 0 aliphatic carbocycles. The molecule has 3 heterocycles. The first-order valence-electron chi connectivity index (χ1n) is 7.93. The van der Waals surface area contributed by atoms with Crippen molar-refractivity contribution in [3.8, 4) is 0 Å². The van der Waals surface area contributed by atoms with Crippen molar-refractivity contribution in [2.24, 2.45) is 5.92 Å². The van der Waals surface area contributed by atoms with E-state index in [4.69, 9.17) is 4.74 Å². The Bertz CT molecular complexity index is 726. The number of aryl methyl sites for hydroxylation is 1. The van der Waals surface area contributed by atoms with Crippen LogP contribution < -0.4 is 5.32 Å². The maximum absolute atomic E-state index is 12.3. The topological polar surface area (TPSA) is 99.0 Å². The SMILES string of the molecule is CCOC(=O)c1csc(CCNC(=O)C2CCc3ncnn3C2)n1. The fourth-order valence-corrected chi connectivity index (χ4v) is 3.38. The summed E-state index contributed by atoms with van der Waals surface area (Å²) in [6.07, 6.45) is 3.68. The van der Waals surface area contributed by atoms with Gasteiger partial charge in [0.05, 0.1) is 24.1 Å². The standard InChI is InChI=1S/C15H19N5O3S/c1-2-23-15(22)11-8-24-13(19-11)5-6-16-14(21)10-3-4-12-17-9-18-20(12)7-10/h8-10H,2-7H2,1H3,(H,16,21). The molecule has 0 bridgehead atoms. The van der Waals surface area contributed by atoms with Crippen LogP contribution in [-0.2, 0) is 28.9 Å². The zero-order chi connectivity index (χ0) is 16.9. The molecule has 0 spiro atoms. The average Bonchev–Trinajstić information content (AvgIpc) is 3.23. The normalized spacial score (nSPS) is 16.5. The van der Waals surface area contributed by atoms with Gasteiger partial charge in [-0.25, -0.2) is 19.4 Å². The number of ether oxygens (including phenoxy) is 1. The third-order valence-electron chi connectivity index (χ3n) is 3.85. The van der Waals surface area contributed by atoms with Gasteiger partial charge < -0.3 is 10.1 Å². The Morgan fingerprint density at radius 2 is 2.38 bits per heavy atom. The maximum atomic E-state index is 12.3. The first kappa shape index (κ1) is 16.6. The molecule has 2 aromatic heterocycles. The van der Waals surface area contributed by atoms with Crippen LogP contribution in [0.15, 0.2) is 11.7 Å². The van der Waals surface area contributed by atoms with E-state index in [0.29, 0.717) is 31.8 Å². The zero-order valence-electron chi connectivity index (χ0n) is 13.4. The molecular formula is C15H19N5O3S. The monoisotopic (exact) mass is 349 g/mol. The Balaban J connectivity index is 1.45. The van der Waals surface area contributed by atoms with Gasteiger partial charge in [0.25, 0.3) is 0 Å². The predicted octanol–water partition coefficient (Wildman–Crippen LogP) is 0.833. The third-order valence-corrected chi connectivity index (χ3v) is 4.76. The third kappa shape index (κ3) is 3.78. The molecule has 2 aromatic rings. The molecule has 0 saturated heterocycles. The van der Waals surface area contributed by atoms with E-state index in [-0.39, 0.29) is 11.8 Å². The molecular weight excluding hydrogens is 330 g/mol. The van der Waals surface area contributed by atoms with E-state index in [1.165, 1.54) is 17.7 Å². The van der Waals surface area contributed by atoms with Gasteiger partial charge in [-0.3, -0.25) is 4.79 Å². The molecule has 1 aliphatic rings. The van der Waals surface area contributed by atoms with Gasteiger partial charge in [-0.1, -0.05) is 0 Å². The van der Waals surface area contributed by atoms with Gasteiger partial charge >= 0.3 is 5.97 Å². The highest BCUT2D eigenvalue weighted by Crippen LogP contribution is 2.17. The molecule has 1 amide bonds. The Morgan fingerprint density at radius 1 is 1.50 bits per heavy atom. The lowest BCUT2D eigenvalue weighted by Gasteiger charge is -2.21. The summed E-state index contributed by atoms with van der Waals surface area (Å²) in [5.74, 6) is 0.479. The molecule has 24 heavy (non-hydrogen) atoms. The predicted molar refractivity (Wildman–Crippen MR) is 86.6 cm³/mol. The first-order valence-corrected chi connectivity index (χ1v) is 8.81. The number of nitrogens with one attached hydrogen (secondary N) is 1. The lowest BCUT2D eigenvalue weighted by molar-refractivity contribution is -0.126. The fraction of sp³-hybridized carbons (Fsp3) is 0.533. The molecule has 0 aromatic carbocycles. The number of fused-ring (bicyclic) bond motifs is 1. The van der Waals surface area contributed by atoms with Gasteiger partial charge in [-0.15, -0.1) is 11.3 Å². The second kappa shape index (κ2) is 7.52. The number of aromatic nitrogens is 4. The Morgan fingerprint density at radius 3 is 3.21 bits per heavy atom. The van der Waals surface area contributed by atoms with Crippen LogP contribution in [0.1, 0.15) is 34.7 Å². The van der Waals surface area contributed by atoms with Gasteiger partial charge in [-0.05, 0) is 13.3 Å². The van der Waals surface area contributed by atoms with Crippen molar-refractivity contribution in [3.05, 3.63) is 28.2 Å². The van der Waals surface area contributed by atoms with E-state index >= 15 is 0 Å². The number of thiazole rings is 1. The Labute approximate surface area is 143 Å². The second-order valence-electron chi connectivity index (χ2n) is 5.48. The Kier molecular flexibility index (Phi) is 5.19. The van der Waals surface area contributed by atoms with Crippen molar-refractivity contribution in [1.82, 2.24) is 25.1 Å². The van der Waals surface area contributed by atoms with E-state index in [1.807, 2.05) is 0 Å². The molecule has 3 rings (SSSR count). The number of hydrogen-bond donors (Lipinski definition) is 1. The highest BCUT2D eigenvalue weighted by atomic mass is 32.1. The largest absolute Gasteiger partial charge is 0.461 e. The summed E-state index contributed by atoms with van der Waals surface area (Å²) in [5.41, 5.74) is 0.328. The molecule has 0 saturated carbocycles. The van der Waals surface area contributed by atoms with Crippen molar-refractivity contribution in [1.29, 1.82) is 0 Å². The number of carbonyl (C=O) groups excluding carboxylic acids is 2. The van der Waals surface area contributed by atoms with Crippen LogP contribution in [0.25, 0.3) is 0 Å². The summed E-state index contributed by atoms with van der Waals surface area (Å²) in [7, 11) is 0. The molecule has 0 fully saturated rings. The fourth-order valence-electron chi connectivity index (χ4n) is 2.61. The van der Waals surface area contributed by atoms with E-state index in [2.05, 4.69) is 20.4 Å². The average molecular weight is 349 g/mol. The van der Waals surface area contributed by atoms with Crippen molar-refractivity contribution in [2.45, 2.75) is 32.7 Å². The number of carbonyl (C=O) groups is 2. The summed E-state index contributed by atoms with van der Waals surface area (Å²) in [6.45, 7) is 3.16. The maximum Gasteiger partial charge on any atom is 0.357 e. The van der Waals surface area contributed by atoms with E-state index in [9.17, 15) is 9.59 Å². The van der Waals surface area contributed by atoms with Gasteiger partial charge in [0, 0.05) is 24.8 Å². The van der Waals surface area contributed by atoms with Gasteiger partial charge in [0.2, 0.25) is 5.91 Å². The van der Waals surface area contributed by atoms with E-state index in [0.717, 1.165) is 23.7 Å². The van der Waals surface area contributed by atoms with Crippen LogP contribution >= 0.6 is 11.3 Å². The van der Waals surface area contributed by atoms with Crippen molar-refractivity contribution >= 4 is 23.2 Å². The molecule has 1 aliphatic heterocycles. The van der Waals surface area contributed by atoms with Crippen molar-refractivity contribution in [3.63, 3.8) is 0 Å². The smallest absolute Gasteiger partial charge is 0.357 e. The lowest BCUT2D eigenvalue weighted by Crippen LogP contribution is -2.37. The highest BCUT2D eigenvalue weighted by Gasteiger charge is 2.25. The van der Waals surface area contributed by atoms with Crippen LogP contribution in [0.4, 0.5) is 0 Å². The first-order chi connectivity index (χ1) is 11.7. The van der Waals surface area contributed by atoms with Crippen LogP contribution in [-0.4, -0.2) is 44.8 Å². The highest BCUT2D eigenvalue weighted by molar-refractivity contribution is 7.09. The van der Waals surface area contributed by atoms with Gasteiger partial charge in [-0.2, -0.15) is 5.10 Å². The van der Waals surface area contributed by atoms with Gasteiger partial charge in [0.1, 0.15) is 12.2 Å². The van der Waals surface area contributed by atoms with Crippen molar-refractivity contribution < 1.29 is 14.3 Å². The summed E-state index contributed by atoms with van der Waals surface area (Å²) in [6, 6.07) is 0. The molecule has 0 radical (unpaired) electrons. The molecule has 128 valence electrons. The number of rotatable bonds is 6. The number of amides is 1. The molecule has 1 atom stereocenters. The van der Waals surface area contributed by atoms with Crippen LogP contribution in [0.3, 0.4) is 0 Å². The van der Waals surface area contributed by atoms with E-state index in [1.54, 1.807) is 17.0 Å². The molecule has 1 N–H and O–H groups in total. The Hall–Kier alpha value is -2.29. The summed E-state index contributed by atoms with van der Waals surface area (Å²) < 4.78 is 6.70. The van der Waals surface area contributed by atoms with Crippen LogP contribution in [0.2, 0.25) is 0 Å². The minimum atomic E-state index is -0.408. The number of esters is 1. The van der Waals surface area contributed by atoms with Crippen LogP contribution in [0, 0.1) is 5.92 Å². The number of hydrogen-bond acceptors (Lipinski definition) is 7. The summed E-state index contributed by atoms with van der Waals surface area (Å²) in [5, 5.41) is 9.55. The number of nitrogens with zero attached hydrogens (tertiary/aromatic N) is 4. The van der Waals surface area contributed by atoms with Gasteiger partial charge in [0.15, 0.2) is 5.69 Å². The molecule has 8 nitrogen and oxygen atoms in total. The quantitative estimate of drug-likeness (QED) is 0.776. The minimum absolute atomic E-state index is 0.0262. The molecule has 1 unspecified atom stereocenters. The van der Waals surface area contributed by atoms with Crippen LogP contribution in [0.5, 0.6) is 0 Å². The van der Waals surface area contributed by atoms with E-state index < -0.39 is 5.97 Å². The second-order valence-corrected chi connectivity index (χ2v) is 6.42. The zero-order valence-corrected chi connectivity index (χ0v) is 14.2. The van der Waals surface area contributed by atoms with Crippen molar-refractivity contribution in [2.75, 3.05) is 13.2 Å². The summed E-state index contributed by atoms with van der Waals surface area (Å²) >= 11 is 1.40.